The Morgan fingerprint density at radius 2 is 1.87 bits per heavy atom. The Morgan fingerprint density at radius 3 is 2.53 bits per heavy atom. The maximum atomic E-state index is 12.9. The molecule has 1 heterocycles. The van der Waals surface area contributed by atoms with Gasteiger partial charge in [0, 0.05) is 30.7 Å². The molecular weight excluding hydrogens is 421 g/mol. The fourth-order valence-electron chi connectivity index (χ4n) is 3.65. The van der Waals surface area contributed by atoms with E-state index in [-0.39, 0.29) is 28.8 Å². The van der Waals surface area contributed by atoms with Crippen LogP contribution < -0.4 is 10.6 Å². The fraction of sp³-hybridized carbons (Fsp3) is 0.391. The van der Waals surface area contributed by atoms with Gasteiger partial charge in [-0.15, -0.1) is 0 Å². The highest BCUT2D eigenvalue weighted by atomic mass is 35.5. The van der Waals surface area contributed by atoms with Crippen molar-refractivity contribution in [2.24, 2.45) is 5.92 Å². The second-order valence-corrected chi connectivity index (χ2v) is 8.88. The molecule has 2 atom stereocenters. The van der Waals surface area contributed by atoms with E-state index in [0.717, 1.165) is 26.1 Å². The Kier molecular flexibility index (Phi) is 7.75. The topological polar surface area (TPSA) is 61.4 Å². The lowest BCUT2D eigenvalue weighted by atomic mass is 10.0. The van der Waals surface area contributed by atoms with Gasteiger partial charge >= 0.3 is 0 Å². The summed E-state index contributed by atoms with van der Waals surface area (Å²) in [6.07, 6.45) is 0.889. The molecule has 7 heteroatoms. The van der Waals surface area contributed by atoms with E-state index in [1.165, 1.54) is 11.6 Å². The van der Waals surface area contributed by atoms with E-state index in [2.05, 4.69) is 27.7 Å². The third-order valence-electron chi connectivity index (χ3n) is 5.28. The van der Waals surface area contributed by atoms with Gasteiger partial charge in [0.1, 0.15) is 6.04 Å². The Balaban J connectivity index is 1.57. The summed E-state index contributed by atoms with van der Waals surface area (Å²) in [4.78, 5) is 27.9. The van der Waals surface area contributed by atoms with E-state index in [4.69, 9.17) is 23.2 Å². The lowest BCUT2D eigenvalue weighted by molar-refractivity contribution is -0.124. The highest BCUT2D eigenvalue weighted by Gasteiger charge is 2.30. The lowest BCUT2D eigenvalue weighted by Crippen LogP contribution is -2.52. The normalized spacial score (nSPS) is 17.7. The second-order valence-electron chi connectivity index (χ2n) is 8.03. The van der Waals surface area contributed by atoms with Crippen LogP contribution in [0.25, 0.3) is 0 Å². The summed E-state index contributed by atoms with van der Waals surface area (Å²) >= 11 is 12.0. The van der Waals surface area contributed by atoms with Gasteiger partial charge < -0.3 is 10.6 Å². The number of amides is 2. The predicted octanol–water partition coefficient (Wildman–Crippen LogP) is 4.14. The molecule has 2 aromatic carbocycles. The largest absolute Gasteiger partial charge is 0.350 e. The summed E-state index contributed by atoms with van der Waals surface area (Å²) in [6.45, 7) is 6.41. The van der Waals surface area contributed by atoms with Gasteiger partial charge in [0.15, 0.2) is 0 Å². The van der Waals surface area contributed by atoms with Crippen LogP contribution in [0.4, 0.5) is 0 Å². The summed E-state index contributed by atoms with van der Waals surface area (Å²) < 4.78 is 0. The number of carbonyl (C=O) groups excluding carboxylic acids is 2. The molecule has 0 bridgehead atoms. The number of nitrogens with one attached hydrogen (secondary N) is 2. The Bertz CT molecular complexity index is 889. The Morgan fingerprint density at radius 1 is 1.13 bits per heavy atom. The number of halogens is 2. The van der Waals surface area contributed by atoms with Crippen molar-refractivity contribution in [2.45, 2.75) is 38.9 Å². The van der Waals surface area contributed by atoms with E-state index in [1.54, 1.807) is 12.1 Å². The van der Waals surface area contributed by atoms with Gasteiger partial charge in [0.2, 0.25) is 5.91 Å². The minimum absolute atomic E-state index is 0.0677. The van der Waals surface area contributed by atoms with Crippen LogP contribution in [0, 0.1) is 5.92 Å². The predicted molar refractivity (Wildman–Crippen MR) is 121 cm³/mol. The summed E-state index contributed by atoms with van der Waals surface area (Å²) in [5.41, 5.74) is 1.56. The molecule has 5 nitrogen and oxygen atoms in total. The molecule has 0 spiro atoms. The van der Waals surface area contributed by atoms with Gasteiger partial charge in [0.05, 0.1) is 10.6 Å². The van der Waals surface area contributed by atoms with Crippen molar-refractivity contribution in [2.75, 3.05) is 13.1 Å². The van der Waals surface area contributed by atoms with Crippen molar-refractivity contribution in [1.82, 2.24) is 15.5 Å². The Hall–Kier alpha value is -2.08. The van der Waals surface area contributed by atoms with Crippen molar-refractivity contribution in [1.29, 1.82) is 0 Å². The van der Waals surface area contributed by atoms with E-state index in [1.807, 2.05) is 32.0 Å². The molecule has 30 heavy (non-hydrogen) atoms. The lowest BCUT2D eigenvalue weighted by Gasteiger charge is -2.24. The third-order valence-corrected chi connectivity index (χ3v) is 5.83. The minimum Gasteiger partial charge on any atom is -0.350 e. The summed E-state index contributed by atoms with van der Waals surface area (Å²) in [5.74, 6) is -0.625. The van der Waals surface area contributed by atoms with Crippen LogP contribution in [-0.2, 0) is 11.3 Å². The molecule has 1 saturated heterocycles. The maximum absolute atomic E-state index is 12.9. The van der Waals surface area contributed by atoms with Crippen LogP contribution in [0.15, 0.2) is 48.5 Å². The summed E-state index contributed by atoms with van der Waals surface area (Å²) in [6, 6.07) is 14.4. The quantitative estimate of drug-likeness (QED) is 0.670. The van der Waals surface area contributed by atoms with Crippen LogP contribution in [0.5, 0.6) is 0 Å². The Labute approximate surface area is 187 Å². The molecule has 2 amide bonds. The first-order valence-electron chi connectivity index (χ1n) is 10.2. The molecule has 2 aromatic rings. The van der Waals surface area contributed by atoms with Crippen LogP contribution in [0.2, 0.25) is 10.0 Å². The SMILES string of the molecule is CC(C)[C@@H](NC(=O)c1ccc(Cl)cc1Cl)C(=O)N[C@H]1CCN(Cc2ccccc2)C1. The van der Waals surface area contributed by atoms with Crippen molar-refractivity contribution in [3.63, 3.8) is 0 Å². The van der Waals surface area contributed by atoms with Crippen molar-refractivity contribution < 1.29 is 9.59 Å². The summed E-state index contributed by atoms with van der Waals surface area (Å²) in [5, 5.41) is 6.65. The molecule has 0 saturated carbocycles. The number of likely N-dealkylation sites (tertiary alicyclic amines) is 1. The monoisotopic (exact) mass is 447 g/mol. The highest BCUT2D eigenvalue weighted by molar-refractivity contribution is 6.36. The first-order valence-corrected chi connectivity index (χ1v) is 10.9. The standard InChI is InChI=1S/C23H27Cl2N3O2/c1-15(2)21(27-22(29)19-9-8-17(24)12-20(19)25)23(30)26-18-10-11-28(14-18)13-16-6-4-3-5-7-16/h3-9,12,15,18,21H,10-11,13-14H2,1-2H3,(H,26,30)(H,27,29)/t18-,21+/m0/s1. The average Bonchev–Trinajstić information content (AvgIpc) is 3.13. The van der Waals surface area contributed by atoms with Gasteiger partial charge in [-0.3, -0.25) is 14.5 Å². The molecule has 2 N–H and O–H groups in total. The van der Waals surface area contributed by atoms with E-state index in [9.17, 15) is 9.59 Å². The van der Waals surface area contributed by atoms with E-state index in [0.29, 0.717) is 10.6 Å². The zero-order chi connectivity index (χ0) is 21.7. The van der Waals surface area contributed by atoms with Gasteiger partial charge in [-0.2, -0.15) is 0 Å². The van der Waals surface area contributed by atoms with Gasteiger partial charge in [-0.05, 0) is 36.1 Å². The molecule has 160 valence electrons. The fourth-order valence-corrected chi connectivity index (χ4v) is 4.15. The van der Waals surface area contributed by atoms with Crippen molar-refractivity contribution >= 4 is 35.0 Å². The molecule has 1 aliphatic rings. The third kappa shape index (κ3) is 5.97. The number of hydrogen-bond donors (Lipinski definition) is 2. The zero-order valence-electron chi connectivity index (χ0n) is 17.2. The van der Waals surface area contributed by atoms with E-state index >= 15 is 0 Å². The summed E-state index contributed by atoms with van der Waals surface area (Å²) in [7, 11) is 0. The zero-order valence-corrected chi connectivity index (χ0v) is 18.7. The number of carbonyl (C=O) groups is 2. The number of hydrogen-bond acceptors (Lipinski definition) is 3. The number of rotatable bonds is 7. The molecule has 0 aromatic heterocycles. The van der Waals surface area contributed by atoms with Gasteiger partial charge in [0.25, 0.3) is 5.91 Å². The molecule has 3 rings (SSSR count). The van der Waals surface area contributed by atoms with Crippen LogP contribution >= 0.6 is 23.2 Å². The van der Waals surface area contributed by atoms with Crippen molar-refractivity contribution in [3.05, 3.63) is 69.7 Å². The first kappa shape index (κ1) is 22.6. The second kappa shape index (κ2) is 10.3. The van der Waals surface area contributed by atoms with Crippen LogP contribution in [-0.4, -0.2) is 41.9 Å². The number of benzene rings is 2. The smallest absolute Gasteiger partial charge is 0.253 e. The maximum Gasteiger partial charge on any atom is 0.253 e. The molecule has 1 aliphatic heterocycles. The molecule has 0 aliphatic carbocycles. The first-order chi connectivity index (χ1) is 14.3. The minimum atomic E-state index is -0.646. The molecule has 1 fully saturated rings. The van der Waals surface area contributed by atoms with E-state index < -0.39 is 6.04 Å². The molecular formula is C23H27Cl2N3O2. The van der Waals surface area contributed by atoms with Crippen molar-refractivity contribution in [3.8, 4) is 0 Å². The average molecular weight is 448 g/mol. The highest BCUT2D eigenvalue weighted by Crippen LogP contribution is 2.21. The van der Waals surface area contributed by atoms with Gasteiger partial charge in [-0.25, -0.2) is 0 Å². The van der Waals surface area contributed by atoms with Crippen LogP contribution in [0.3, 0.4) is 0 Å². The number of nitrogens with zero attached hydrogens (tertiary/aromatic N) is 1. The van der Waals surface area contributed by atoms with Gasteiger partial charge in [-0.1, -0.05) is 67.4 Å². The molecule has 0 radical (unpaired) electrons. The molecule has 0 unspecified atom stereocenters. The van der Waals surface area contributed by atoms with Crippen LogP contribution in [0.1, 0.15) is 36.2 Å².